The number of hydrogen-bond acceptors (Lipinski definition) is 7. The topological polar surface area (TPSA) is 77.6 Å². The molecule has 2 aromatic rings. The molecule has 0 aliphatic carbocycles. The molecule has 0 bridgehead atoms. The second kappa shape index (κ2) is 3.86. The molecule has 0 fully saturated rings. The third kappa shape index (κ3) is 2.06. The molecule has 0 spiro atoms. The Morgan fingerprint density at radius 2 is 2.00 bits per heavy atom. The van der Waals surface area contributed by atoms with Gasteiger partial charge in [0.15, 0.2) is 0 Å². The predicted molar refractivity (Wildman–Crippen MR) is 50.5 cm³/mol. The van der Waals surface area contributed by atoms with Crippen LogP contribution in [0.2, 0.25) is 0 Å². The van der Waals surface area contributed by atoms with Crippen molar-refractivity contribution in [3.63, 3.8) is 0 Å². The number of nitrogens with two attached hydrogens (primary N) is 1. The van der Waals surface area contributed by atoms with Crippen molar-refractivity contribution in [2.24, 2.45) is 5.73 Å². The minimum atomic E-state index is -0.123. The van der Waals surface area contributed by atoms with Crippen LogP contribution in [-0.2, 0) is 6.42 Å². The molecular formula is C6H7N5S2. The lowest BCUT2D eigenvalue weighted by molar-refractivity contribution is 0.678. The number of nitrogens with zero attached hydrogens (tertiary/aromatic N) is 4. The normalized spacial score (nSPS) is 13.0. The van der Waals surface area contributed by atoms with E-state index in [-0.39, 0.29) is 6.04 Å². The van der Waals surface area contributed by atoms with Crippen molar-refractivity contribution in [2.75, 3.05) is 0 Å². The summed E-state index contributed by atoms with van der Waals surface area (Å²) in [6.45, 7) is 0. The Kier molecular flexibility index (Phi) is 2.57. The van der Waals surface area contributed by atoms with Crippen LogP contribution in [-0.4, -0.2) is 19.2 Å². The predicted octanol–water partition coefficient (Wildman–Crippen LogP) is 0.632. The number of hydrogen-bond donors (Lipinski definition) is 1. The van der Waals surface area contributed by atoms with E-state index in [9.17, 15) is 0 Å². The molecule has 1 unspecified atom stereocenters. The number of rotatable bonds is 3. The highest BCUT2D eigenvalue weighted by Crippen LogP contribution is 2.13. The molecule has 2 aromatic heterocycles. The molecule has 2 rings (SSSR count). The van der Waals surface area contributed by atoms with Crippen LogP contribution in [0.25, 0.3) is 0 Å². The summed E-state index contributed by atoms with van der Waals surface area (Å²) in [6.07, 6.45) is 0.669. The highest BCUT2D eigenvalue weighted by Gasteiger charge is 2.11. The van der Waals surface area contributed by atoms with E-state index in [1.54, 1.807) is 0 Å². The summed E-state index contributed by atoms with van der Waals surface area (Å²) in [5, 5.41) is 11.5. The van der Waals surface area contributed by atoms with E-state index in [2.05, 4.69) is 19.2 Å². The first-order valence-corrected chi connectivity index (χ1v) is 5.32. The molecule has 5 nitrogen and oxygen atoms in total. The molecule has 0 aliphatic heterocycles. The minimum Gasteiger partial charge on any atom is -0.322 e. The van der Waals surface area contributed by atoms with Gasteiger partial charge in [-0.1, -0.05) is 8.98 Å². The smallest absolute Gasteiger partial charge is 0.0926 e. The van der Waals surface area contributed by atoms with Crippen molar-refractivity contribution < 1.29 is 0 Å². The third-order valence-electron chi connectivity index (χ3n) is 1.59. The average molecular weight is 213 g/mol. The molecule has 13 heavy (non-hydrogen) atoms. The van der Waals surface area contributed by atoms with E-state index < -0.39 is 0 Å². The molecular weight excluding hydrogens is 206 g/mol. The van der Waals surface area contributed by atoms with Gasteiger partial charge in [0.05, 0.1) is 17.4 Å². The fraction of sp³-hybridized carbons (Fsp3) is 0.333. The lowest BCUT2D eigenvalue weighted by Gasteiger charge is -2.03. The molecule has 0 radical (unpaired) electrons. The zero-order chi connectivity index (χ0) is 9.10. The molecule has 0 aromatic carbocycles. The monoisotopic (exact) mass is 213 g/mol. The first-order valence-electron chi connectivity index (χ1n) is 3.64. The van der Waals surface area contributed by atoms with Gasteiger partial charge < -0.3 is 5.73 Å². The Morgan fingerprint density at radius 1 is 1.23 bits per heavy atom. The van der Waals surface area contributed by atoms with Crippen molar-refractivity contribution in [1.82, 2.24) is 19.2 Å². The minimum absolute atomic E-state index is 0.123. The maximum Gasteiger partial charge on any atom is 0.0926 e. The van der Waals surface area contributed by atoms with Gasteiger partial charge >= 0.3 is 0 Å². The van der Waals surface area contributed by atoms with Gasteiger partial charge in [-0.3, -0.25) is 0 Å². The summed E-state index contributed by atoms with van der Waals surface area (Å²) in [5.74, 6) is 0. The van der Waals surface area contributed by atoms with Gasteiger partial charge in [0.25, 0.3) is 0 Å². The number of aromatic nitrogens is 4. The largest absolute Gasteiger partial charge is 0.322 e. The van der Waals surface area contributed by atoms with Crippen LogP contribution in [0.5, 0.6) is 0 Å². The standard InChI is InChI=1S/C6H7N5S2/c7-5(6-3-13-11-9-6)1-4-2-12-10-8-4/h2-3,5H,1,7H2. The fourth-order valence-electron chi connectivity index (χ4n) is 0.936. The quantitative estimate of drug-likeness (QED) is 0.809. The molecule has 0 saturated heterocycles. The van der Waals surface area contributed by atoms with Crippen LogP contribution >= 0.6 is 23.1 Å². The first-order chi connectivity index (χ1) is 6.36. The second-order valence-electron chi connectivity index (χ2n) is 2.54. The lowest BCUT2D eigenvalue weighted by atomic mass is 10.1. The molecule has 2 N–H and O–H groups in total. The molecule has 68 valence electrons. The molecule has 1 atom stereocenters. The van der Waals surface area contributed by atoms with Gasteiger partial charge in [-0.25, -0.2) is 0 Å². The zero-order valence-corrected chi connectivity index (χ0v) is 8.25. The Labute approximate surface area is 82.9 Å². The Bertz CT molecular complexity index is 343. The maximum absolute atomic E-state index is 5.87. The van der Waals surface area contributed by atoms with E-state index in [0.717, 1.165) is 11.4 Å². The van der Waals surface area contributed by atoms with Gasteiger partial charge in [0, 0.05) is 17.2 Å². The molecule has 7 heteroatoms. The summed E-state index contributed by atoms with van der Waals surface area (Å²) in [4.78, 5) is 0. The maximum atomic E-state index is 5.87. The summed E-state index contributed by atoms with van der Waals surface area (Å²) >= 11 is 2.63. The van der Waals surface area contributed by atoms with Gasteiger partial charge in [-0.2, -0.15) is 0 Å². The van der Waals surface area contributed by atoms with Crippen molar-refractivity contribution in [2.45, 2.75) is 12.5 Å². The third-order valence-corrected chi connectivity index (χ3v) is 2.67. The van der Waals surface area contributed by atoms with Gasteiger partial charge in [-0.15, -0.1) is 10.2 Å². The van der Waals surface area contributed by atoms with Gasteiger partial charge in [0.1, 0.15) is 0 Å². The van der Waals surface area contributed by atoms with E-state index >= 15 is 0 Å². The van der Waals surface area contributed by atoms with Crippen LogP contribution in [0.1, 0.15) is 17.4 Å². The van der Waals surface area contributed by atoms with E-state index in [1.165, 1.54) is 23.1 Å². The summed E-state index contributed by atoms with van der Waals surface area (Å²) in [6, 6.07) is -0.123. The summed E-state index contributed by atoms with van der Waals surface area (Å²) in [5.41, 5.74) is 7.60. The van der Waals surface area contributed by atoms with Crippen molar-refractivity contribution in [3.05, 3.63) is 22.1 Å². The Balaban J connectivity index is 2.04. The highest BCUT2D eigenvalue weighted by atomic mass is 32.1. The molecule has 2 heterocycles. The molecule has 0 amide bonds. The van der Waals surface area contributed by atoms with Crippen LogP contribution < -0.4 is 5.73 Å². The van der Waals surface area contributed by atoms with Crippen molar-refractivity contribution >= 4 is 23.1 Å². The van der Waals surface area contributed by atoms with Gasteiger partial charge in [-0.05, 0) is 23.1 Å². The van der Waals surface area contributed by atoms with Crippen LogP contribution in [0.15, 0.2) is 10.8 Å². The summed E-state index contributed by atoms with van der Waals surface area (Å²) in [7, 11) is 0. The first kappa shape index (κ1) is 8.67. The van der Waals surface area contributed by atoms with Crippen LogP contribution in [0, 0.1) is 0 Å². The SMILES string of the molecule is NC(Cc1csnn1)c1csnn1. The lowest BCUT2D eigenvalue weighted by Crippen LogP contribution is -2.14. The second-order valence-corrected chi connectivity index (χ2v) is 3.76. The fourth-order valence-corrected chi connectivity index (χ4v) is 1.92. The van der Waals surface area contributed by atoms with Crippen molar-refractivity contribution in [1.29, 1.82) is 0 Å². The van der Waals surface area contributed by atoms with Crippen LogP contribution in [0.3, 0.4) is 0 Å². The van der Waals surface area contributed by atoms with Crippen molar-refractivity contribution in [3.8, 4) is 0 Å². The Morgan fingerprint density at radius 3 is 2.62 bits per heavy atom. The average Bonchev–Trinajstić information content (AvgIpc) is 2.74. The van der Waals surface area contributed by atoms with Gasteiger partial charge in [0.2, 0.25) is 0 Å². The summed E-state index contributed by atoms with van der Waals surface area (Å²) < 4.78 is 7.51. The van der Waals surface area contributed by atoms with E-state index in [1.807, 2.05) is 10.8 Å². The van der Waals surface area contributed by atoms with Crippen LogP contribution in [0.4, 0.5) is 0 Å². The molecule has 0 aliphatic rings. The highest BCUT2D eigenvalue weighted by molar-refractivity contribution is 7.03. The Hall–Kier alpha value is -0.920. The zero-order valence-electron chi connectivity index (χ0n) is 6.62. The van der Waals surface area contributed by atoms with E-state index in [4.69, 9.17) is 5.73 Å². The molecule has 0 saturated carbocycles. The van der Waals surface area contributed by atoms with E-state index in [0.29, 0.717) is 6.42 Å².